The maximum absolute atomic E-state index is 5.36. The van der Waals surface area contributed by atoms with Gasteiger partial charge in [0.15, 0.2) is 5.82 Å². The van der Waals surface area contributed by atoms with Crippen molar-refractivity contribution in [3.8, 4) is 0 Å². The van der Waals surface area contributed by atoms with Crippen molar-refractivity contribution < 1.29 is 0 Å². The number of anilines is 2. The fourth-order valence-corrected chi connectivity index (χ4v) is 2.41. The van der Waals surface area contributed by atoms with Gasteiger partial charge in [-0.3, -0.25) is 4.90 Å². The molecule has 1 aromatic heterocycles. The lowest BCUT2D eigenvalue weighted by atomic mass is 10.4. The number of nitrogens with zero attached hydrogens (tertiary/aromatic N) is 3. The molecule has 6 nitrogen and oxygen atoms in total. The van der Waals surface area contributed by atoms with E-state index in [1.54, 1.807) is 0 Å². The Bertz CT molecular complexity index is 395. The summed E-state index contributed by atoms with van der Waals surface area (Å²) >= 11 is 3.42. The van der Waals surface area contributed by atoms with Crippen LogP contribution in [-0.2, 0) is 0 Å². The molecule has 0 atom stereocenters. The fraction of sp³-hybridized carbons (Fsp3) is 0.636. The maximum atomic E-state index is 5.36. The van der Waals surface area contributed by atoms with Gasteiger partial charge in [0.2, 0.25) is 0 Å². The summed E-state index contributed by atoms with van der Waals surface area (Å²) in [7, 11) is 0. The summed E-state index contributed by atoms with van der Waals surface area (Å²) in [6.45, 7) is 5.20. The van der Waals surface area contributed by atoms with Crippen LogP contribution in [0.5, 0.6) is 0 Å². The molecule has 1 fully saturated rings. The predicted octanol–water partition coefficient (Wildman–Crippen LogP) is 1.42. The first-order valence-corrected chi connectivity index (χ1v) is 7.00. The molecule has 7 heteroatoms. The third-order valence-electron chi connectivity index (χ3n) is 3.09. The van der Waals surface area contributed by atoms with Gasteiger partial charge in [0.05, 0.1) is 0 Å². The minimum Gasteiger partial charge on any atom is -0.368 e. The smallest absolute Gasteiger partial charge is 0.159 e. The Morgan fingerprint density at radius 2 is 2.17 bits per heavy atom. The Morgan fingerprint density at radius 1 is 1.44 bits per heavy atom. The van der Waals surface area contributed by atoms with Crippen LogP contribution in [0.15, 0.2) is 10.8 Å². The van der Waals surface area contributed by atoms with E-state index < -0.39 is 0 Å². The van der Waals surface area contributed by atoms with E-state index in [0.29, 0.717) is 5.82 Å². The summed E-state index contributed by atoms with van der Waals surface area (Å²) in [5.74, 6) is 6.71. The second kappa shape index (κ2) is 6.31. The molecule has 0 amide bonds. The van der Waals surface area contributed by atoms with Gasteiger partial charge in [-0.1, -0.05) is 6.92 Å². The maximum Gasteiger partial charge on any atom is 0.159 e. The van der Waals surface area contributed by atoms with Gasteiger partial charge in [-0.2, -0.15) is 0 Å². The van der Waals surface area contributed by atoms with E-state index >= 15 is 0 Å². The van der Waals surface area contributed by atoms with Crippen LogP contribution in [-0.4, -0.2) is 40.5 Å². The minimum absolute atomic E-state index is 0.585. The van der Waals surface area contributed by atoms with E-state index in [4.69, 9.17) is 5.84 Å². The standard InChI is InChI=1S/C11H19BrN6/c1-2-18(8-3-4-8)6-5-14-10-9(12)11(17-13)16-7-15-10/h7-8H,2-6,13H2,1H3,(H2,14,15,16,17). The average Bonchev–Trinajstić information content (AvgIpc) is 3.21. The highest BCUT2D eigenvalue weighted by Gasteiger charge is 2.27. The van der Waals surface area contributed by atoms with Crippen molar-refractivity contribution in [1.82, 2.24) is 14.9 Å². The zero-order valence-electron chi connectivity index (χ0n) is 10.5. The summed E-state index contributed by atoms with van der Waals surface area (Å²) in [5, 5.41) is 3.30. The first-order chi connectivity index (χ1) is 8.76. The molecule has 1 aromatic rings. The number of aromatic nitrogens is 2. The molecule has 0 radical (unpaired) electrons. The van der Waals surface area contributed by atoms with Crippen molar-refractivity contribution in [3.63, 3.8) is 0 Å². The highest BCUT2D eigenvalue weighted by atomic mass is 79.9. The number of nitrogens with two attached hydrogens (primary N) is 1. The van der Waals surface area contributed by atoms with Crippen LogP contribution in [0, 0.1) is 0 Å². The largest absolute Gasteiger partial charge is 0.368 e. The van der Waals surface area contributed by atoms with Crippen LogP contribution < -0.4 is 16.6 Å². The summed E-state index contributed by atoms with van der Waals surface area (Å²) in [5.41, 5.74) is 2.53. The molecule has 0 saturated heterocycles. The van der Waals surface area contributed by atoms with Crippen LogP contribution >= 0.6 is 15.9 Å². The summed E-state index contributed by atoms with van der Waals surface area (Å²) in [4.78, 5) is 10.7. The van der Waals surface area contributed by atoms with Crippen LogP contribution in [0.2, 0.25) is 0 Å². The molecule has 1 saturated carbocycles. The molecule has 18 heavy (non-hydrogen) atoms. The Kier molecular flexibility index (Phi) is 4.73. The Hall–Kier alpha value is -0.920. The third kappa shape index (κ3) is 3.30. The molecule has 1 aliphatic carbocycles. The zero-order chi connectivity index (χ0) is 13.0. The number of hydrazine groups is 1. The van der Waals surface area contributed by atoms with E-state index in [1.807, 2.05) is 0 Å². The Balaban J connectivity index is 1.85. The van der Waals surface area contributed by atoms with Crippen molar-refractivity contribution in [2.24, 2.45) is 5.84 Å². The first kappa shape index (κ1) is 13.5. The number of nitrogens with one attached hydrogen (secondary N) is 2. The van der Waals surface area contributed by atoms with Gasteiger partial charge in [0.1, 0.15) is 16.6 Å². The number of hydrogen-bond donors (Lipinski definition) is 3. The van der Waals surface area contributed by atoms with Crippen molar-refractivity contribution in [1.29, 1.82) is 0 Å². The average molecular weight is 315 g/mol. The summed E-state index contributed by atoms with van der Waals surface area (Å²) in [6, 6.07) is 0.798. The lowest BCUT2D eigenvalue weighted by Gasteiger charge is -2.20. The number of rotatable bonds is 7. The molecular formula is C11H19BrN6. The number of likely N-dealkylation sites (N-methyl/N-ethyl adjacent to an activating group) is 1. The van der Waals surface area contributed by atoms with Crippen LogP contribution in [0.4, 0.5) is 11.6 Å². The van der Waals surface area contributed by atoms with Crippen LogP contribution in [0.25, 0.3) is 0 Å². The topological polar surface area (TPSA) is 79.1 Å². The van der Waals surface area contributed by atoms with Gasteiger partial charge in [-0.15, -0.1) is 0 Å². The van der Waals surface area contributed by atoms with Crippen molar-refractivity contribution in [3.05, 3.63) is 10.8 Å². The van der Waals surface area contributed by atoms with Crippen molar-refractivity contribution >= 4 is 27.6 Å². The molecule has 1 heterocycles. The number of halogens is 1. The predicted molar refractivity (Wildman–Crippen MR) is 76.3 cm³/mol. The Morgan fingerprint density at radius 3 is 2.78 bits per heavy atom. The molecule has 0 unspecified atom stereocenters. The highest BCUT2D eigenvalue weighted by molar-refractivity contribution is 9.10. The SMILES string of the molecule is CCN(CCNc1ncnc(NN)c1Br)C1CC1. The molecular weight excluding hydrogens is 296 g/mol. The van der Waals surface area contributed by atoms with E-state index in [9.17, 15) is 0 Å². The fourth-order valence-electron chi connectivity index (χ4n) is 1.95. The lowest BCUT2D eigenvalue weighted by molar-refractivity contribution is 0.289. The van der Waals surface area contributed by atoms with E-state index in [2.05, 4.69) is 48.5 Å². The monoisotopic (exact) mass is 314 g/mol. The minimum atomic E-state index is 0.585. The van der Waals surface area contributed by atoms with Crippen LogP contribution in [0.3, 0.4) is 0 Å². The van der Waals surface area contributed by atoms with Gasteiger partial charge in [0, 0.05) is 19.1 Å². The van der Waals surface area contributed by atoms with Gasteiger partial charge >= 0.3 is 0 Å². The summed E-state index contributed by atoms with van der Waals surface area (Å²) < 4.78 is 0.766. The zero-order valence-corrected chi connectivity index (χ0v) is 12.1. The second-order valence-corrected chi connectivity index (χ2v) is 5.11. The number of nitrogen functional groups attached to an aromatic ring is 1. The highest BCUT2D eigenvalue weighted by Crippen LogP contribution is 2.27. The normalized spacial score (nSPS) is 14.9. The Labute approximate surface area is 115 Å². The molecule has 1 aliphatic rings. The molecule has 2 rings (SSSR count). The van der Waals surface area contributed by atoms with E-state index in [-0.39, 0.29) is 0 Å². The van der Waals surface area contributed by atoms with Crippen LogP contribution in [0.1, 0.15) is 19.8 Å². The number of hydrogen-bond acceptors (Lipinski definition) is 6. The van der Waals surface area contributed by atoms with Gasteiger partial charge in [-0.25, -0.2) is 15.8 Å². The molecule has 0 aliphatic heterocycles. The molecule has 4 N–H and O–H groups in total. The lowest BCUT2D eigenvalue weighted by Crippen LogP contribution is -2.31. The second-order valence-electron chi connectivity index (χ2n) is 4.32. The molecule has 100 valence electrons. The molecule has 0 bridgehead atoms. The van der Waals surface area contributed by atoms with E-state index in [1.165, 1.54) is 19.2 Å². The van der Waals surface area contributed by atoms with Gasteiger partial charge < -0.3 is 10.7 Å². The molecule has 0 aromatic carbocycles. The third-order valence-corrected chi connectivity index (χ3v) is 3.84. The van der Waals surface area contributed by atoms with Crippen molar-refractivity contribution in [2.45, 2.75) is 25.8 Å². The molecule has 0 spiro atoms. The van der Waals surface area contributed by atoms with Crippen molar-refractivity contribution in [2.75, 3.05) is 30.4 Å². The van der Waals surface area contributed by atoms with Gasteiger partial charge in [-0.05, 0) is 35.3 Å². The quantitative estimate of drug-likeness (QED) is 0.522. The summed E-state index contributed by atoms with van der Waals surface area (Å²) in [6.07, 6.45) is 4.17. The van der Waals surface area contributed by atoms with E-state index in [0.717, 1.165) is 36.0 Å². The van der Waals surface area contributed by atoms with Gasteiger partial charge in [0.25, 0.3) is 0 Å². The first-order valence-electron chi connectivity index (χ1n) is 6.21.